The normalized spacial score (nSPS) is 13.6. The highest BCUT2D eigenvalue weighted by atomic mass is 16.5. The molecule has 1 N–H and O–H groups in total. The molecule has 1 unspecified atom stereocenters. The molecule has 104 valence electrons. The van der Waals surface area contributed by atoms with E-state index in [0.717, 1.165) is 0 Å². The summed E-state index contributed by atoms with van der Waals surface area (Å²) < 4.78 is 5.77. The van der Waals surface area contributed by atoms with E-state index in [1.165, 1.54) is 0 Å². The topological polar surface area (TPSA) is 63.6 Å². The molecule has 0 saturated heterocycles. The van der Waals surface area contributed by atoms with Crippen molar-refractivity contribution in [1.29, 1.82) is 0 Å². The van der Waals surface area contributed by atoms with Crippen molar-refractivity contribution in [2.75, 3.05) is 27.7 Å². The van der Waals surface area contributed by atoms with Gasteiger partial charge in [0.15, 0.2) is 6.10 Å². The van der Waals surface area contributed by atoms with Crippen molar-refractivity contribution in [3.63, 3.8) is 0 Å². The van der Waals surface area contributed by atoms with E-state index in [1.807, 2.05) is 40.2 Å². The van der Waals surface area contributed by atoms with Gasteiger partial charge in [0.05, 0.1) is 27.6 Å². The average Bonchev–Trinajstić information content (AvgIpc) is 2.13. The highest BCUT2D eigenvalue weighted by Crippen LogP contribution is 2.07. The van der Waals surface area contributed by atoms with Crippen LogP contribution in [0.4, 0.5) is 0 Å². The Hall–Kier alpha value is -1.36. The Morgan fingerprint density at radius 2 is 1.94 bits per heavy atom. The van der Waals surface area contributed by atoms with Gasteiger partial charge in [0, 0.05) is 6.42 Å². The second-order valence-corrected chi connectivity index (χ2v) is 5.29. The molecule has 0 rings (SSSR count). The van der Waals surface area contributed by atoms with Gasteiger partial charge in [-0.3, -0.25) is 9.59 Å². The number of carboxylic acids is 1. The molecule has 0 amide bonds. The Bertz CT molecular complexity index is 305. The van der Waals surface area contributed by atoms with Gasteiger partial charge < -0.3 is 14.3 Å². The summed E-state index contributed by atoms with van der Waals surface area (Å²) in [6, 6.07) is 0. The Labute approximate surface area is 109 Å². The van der Waals surface area contributed by atoms with Crippen molar-refractivity contribution < 1.29 is 23.9 Å². The zero-order valence-electron chi connectivity index (χ0n) is 11.7. The number of aliphatic carboxylic acids is 1. The molecule has 0 heterocycles. The molecular weight excluding hydrogens is 234 g/mol. The number of hydrogen-bond acceptors (Lipinski definition) is 3. The zero-order chi connectivity index (χ0) is 14.2. The fourth-order valence-electron chi connectivity index (χ4n) is 1.56. The molecule has 0 aliphatic heterocycles. The predicted molar refractivity (Wildman–Crippen MR) is 69.1 cm³/mol. The van der Waals surface area contributed by atoms with Crippen LogP contribution in [0.25, 0.3) is 0 Å². The molecule has 0 radical (unpaired) electrons. The summed E-state index contributed by atoms with van der Waals surface area (Å²) in [5.41, 5.74) is 0. The molecule has 0 aromatic rings. The molecule has 5 heteroatoms. The van der Waals surface area contributed by atoms with Gasteiger partial charge >= 0.3 is 11.9 Å². The number of ether oxygens (including phenoxy) is 1. The van der Waals surface area contributed by atoms with Gasteiger partial charge in [0.25, 0.3) is 0 Å². The van der Waals surface area contributed by atoms with Crippen LogP contribution in [0.2, 0.25) is 0 Å². The van der Waals surface area contributed by atoms with Crippen LogP contribution in [0.15, 0.2) is 12.2 Å². The van der Waals surface area contributed by atoms with Crippen LogP contribution in [-0.4, -0.2) is 55.3 Å². The molecule has 0 aromatic heterocycles. The van der Waals surface area contributed by atoms with Crippen LogP contribution in [0.3, 0.4) is 0 Å². The quantitative estimate of drug-likeness (QED) is 0.406. The lowest BCUT2D eigenvalue weighted by Crippen LogP contribution is -2.43. The third-order valence-electron chi connectivity index (χ3n) is 2.20. The van der Waals surface area contributed by atoms with E-state index in [9.17, 15) is 9.59 Å². The number of carboxylic acid groups (broad SMARTS) is 1. The van der Waals surface area contributed by atoms with Crippen LogP contribution >= 0.6 is 0 Å². The third kappa shape index (κ3) is 9.84. The number of esters is 1. The molecular formula is C13H24NO4+. The van der Waals surface area contributed by atoms with Crippen molar-refractivity contribution in [1.82, 2.24) is 0 Å². The Kier molecular flexibility index (Phi) is 7.27. The molecule has 18 heavy (non-hydrogen) atoms. The van der Waals surface area contributed by atoms with Gasteiger partial charge in [-0.05, 0) is 13.3 Å². The number of hydrogen-bond donors (Lipinski definition) is 1. The molecule has 0 aliphatic carbocycles. The average molecular weight is 258 g/mol. The minimum atomic E-state index is -0.949. The summed E-state index contributed by atoms with van der Waals surface area (Å²) in [4.78, 5) is 22.3. The maximum absolute atomic E-state index is 11.5. The van der Waals surface area contributed by atoms with Crippen LogP contribution < -0.4 is 0 Å². The standard InChI is InChI=1S/C13H23NO4/c1-5-6-7-8-13(17)18-11(9-12(15)16)10-14(2,3)4/h5-6,11H,7-10H2,1-4H3/p+1/b6-5+. The summed E-state index contributed by atoms with van der Waals surface area (Å²) >= 11 is 0. The smallest absolute Gasteiger partial charge is 0.307 e. The molecule has 0 saturated carbocycles. The molecule has 0 bridgehead atoms. The molecule has 1 atom stereocenters. The van der Waals surface area contributed by atoms with Crippen LogP contribution in [0, 0.1) is 0 Å². The van der Waals surface area contributed by atoms with Crippen molar-refractivity contribution in [2.45, 2.75) is 32.3 Å². The van der Waals surface area contributed by atoms with Gasteiger partial charge in [0.1, 0.15) is 6.54 Å². The first-order valence-corrected chi connectivity index (χ1v) is 6.07. The lowest BCUT2D eigenvalue weighted by molar-refractivity contribution is -0.873. The third-order valence-corrected chi connectivity index (χ3v) is 2.20. The molecule has 0 spiro atoms. The number of quaternary nitrogens is 1. The zero-order valence-corrected chi connectivity index (χ0v) is 11.7. The number of carbonyl (C=O) groups is 2. The summed E-state index contributed by atoms with van der Waals surface area (Å²) in [5.74, 6) is -1.29. The first-order valence-electron chi connectivity index (χ1n) is 6.07. The van der Waals surface area contributed by atoms with Crippen molar-refractivity contribution in [3.05, 3.63) is 12.2 Å². The fourth-order valence-corrected chi connectivity index (χ4v) is 1.56. The van der Waals surface area contributed by atoms with Crippen LogP contribution in [-0.2, 0) is 14.3 Å². The molecule has 0 aromatic carbocycles. The van der Waals surface area contributed by atoms with E-state index in [2.05, 4.69) is 0 Å². The first kappa shape index (κ1) is 16.6. The van der Waals surface area contributed by atoms with Gasteiger partial charge in [-0.15, -0.1) is 0 Å². The highest BCUT2D eigenvalue weighted by molar-refractivity contribution is 5.71. The second kappa shape index (κ2) is 7.87. The van der Waals surface area contributed by atoms with Gasteiger partial charge in [-0.25, -0.2) is 0 Å². The Morgan fingerprint density at radius 3 is 2.39 bits per heavy atom. The fraction of sp³-hybridized carbons (Fsp3) is 0.692. The lowest BCUT2D eigenvalue weighted by atomic mass is 10.2. The van der Waals surface area contributed by atoms with Crippen molar-refractivity contribution in [2.24, 2.45) is 0 Å². The van der Waals surface area contributed by atoms with E-state index in [1.54, 1.807) is 0 Å². The van der Waals surface area contributed by atoms with Crippen molar-refractivity contribution in [3.8, 4) is 0 Å². The van der Waals surface area contributed by atoms with Crippen LogP contribution in [0.5, 0.6) is 0 Å². The molecule has 0 fully saturated rings. The monoisotopic (exact) mass is 258 g/mol. The predicted octanol–water partition coefficient (Wildman–Crippen LogP) is 1.44. The van der Waals surface area contributed by atoms with Gasteiger partial charge in [-0.1, -0.05) is 12.2 Å². The number of allylic oxidation sites excluding steroid dienone is 2. The maximum Gasteiger partial charge on any atom is 0.307 e. The number of rotatable bonds is 8. The maximum atomic E-state index is 11.5. The van der Waals surface area contributed by atoms with Gasteiger partial charge in [-0.2, -0.15) is 0 Å². The van der Waals surface area contributed by atoms with Crippen LogP contribution in [0.1, 0.15) is 26.2 Å². The minimum absolute atomic E-state index is 0.148. The summed E-state index contributed by atoms with van der Waals surface area (Å²) in [7, 11) is 5.80. The number of likely N-dealkylation sites (N-methyl/N-ethyl adjacent to an activating group) is 1. The summed E-state index contributed by atoms with van der Waals surface area (Å²) in [6.45, 7) is 2.37. The SMILES string of the molecule is C/C=C/CCC(=O)OC(CC(=O)O)C[N+](C)(C)C. The lowest BCUT2D eigenvalue weighted by Gasteiger charge is -2.28. The summed E-state index contributed by atoms with van der Waals surface area (Å²) in [5, 5.41) is 8.80. The van der Waals surface area contributed by atoms with E-state index in [0.29, 0.717) is 17.4 Å². The van der Waals surface area contributed by atoms with Gasteiger partial charge in [0.2, 0.25) is 0 Å². The highest BCUT2D eigenvalue weighted by Gasteiger charge is 2.24. The Balaban J connectivity index is 4.30. The largest absolute Gasteiger partial charge is 0.481 e. The molecule has 5 nitrogen and oxygen atoms in total. The van der Waals surface area contributed by atoms with Crippen molar-refractivity contribution >= 4 is 11.9 Å². The second-order valence-electron chi connectivity index (χ2n) is 5.29. The number of nitrogens with zero attached hydrogens (tertiary/aromatic N) is 1. The van der Waals surface area contributed by atoms with E-state index < -0.39 is 12.1 Å². The molecule has 0 aliphatic rings. The van der Waals surface area contributed by atoms with E-state index in [-0.39, 0.29) is 18.8 Å². The minimum Gasteiger partial charge on any atom is -0.481 e. The van der Waals surface area contributed by atoms with E-state index in [4.69, 9.17) is 9.84 Å². The summed E-state index contributed by atoms with van der Waals surface area (Å²) in [6.07, 6.45) is 3.95. The Morgan fingerprint density at radius 1 is 1.33 bits per heavy atom. The first-order chi connectivity index (χ1) is 8.24. The van der Waals surface area contributed by atoms with E-state index >= 15 is 0 Å². The number of carbonyl (C=O) groups excluding carboxylic acids is 1.